The van der Waals surface area contributed by atoms with Gasteiger partial charge in [-0.25, -0.2) is 8.42 Å². The first-order chi connectivity index (χ1) is 12.0. The number of hydrogen-bond donors (Lipinski definition) is 2. The van der Waals surface area contributed by atoms with E-state index >= 15 is 0 Å². The predicted molar refractivity (Wildman–Crippen MR) is 96.8 cm³/mol. The molecular formula is C19H22N2O3S. The van der Waals surface area contributed by atoms with E-state index in [1.807, 2.05) is 0 Å². The lowest BCUT2D eigenvalue weighted by molar-refractivity contribution is 0.0949. The lowest BCUT2D eigenvalue weighted by Gasteiger charge is -2.14. The molecule has 5 nitrogen and oxygen atoms in total. The maximum atomic E-state index is 12.6. The minimum Gasteiger partial charge on any atom is -0.350 e. The van der Waals surface area contributed by atoms with E-state index in [4.69, 9.17) is 5.73 Å². The van der Waals surface area contributed by atoms with Crippen LogP contribution < -0.4 is 11.1 Å². The number of carbonyl (C=O) groups excluding carboxylic acids is 1. The summed E-state index contributed by atoms with van der Waals surface area (Å²) < 4.78 is 25.2. The first-order valence-corrected chi connectivity index (χ1v) is 10.0. The van der Waals surface area contributed by atoms with Crippen LogP contribution in [0.25, 0.3) is 0 Å². The van der Waals surface area contributed by atoms with Gasteiger partial charge >= 0.3 is 0 Å². The number of amides is 1. The zero-order valence-corrected chi connectivity index (χ0v) is 14.7. The van der Waals surface area contributed by atoms with E-state index < -0.39 is 9.84 Å². The molecule has 1 saturated carbocycles. The summed E-state index contributed by atoms with van der Waals surface area (Å²) in [7, 11) is -3.51. The van der Waals surface area contributed by atoms with Crippen LogP contribution in [0.15, 0.2) is 59.5 Å². The molecule has 1 amide bonds. The number of nitrogens with one attached hydrogen (secondary N) is 1. The van der Waals surface area contributed by atoms with Gasteiger partial charge in [0.15, 0.2) is 9.84 Å². The van der Waals surface area contributed by atoms with Gasteiger partial charge in [0, 0.05) is 18.2 Å². The predicted octanol–water partition coefficient (Wildman–Crippen LogP) is 2.13. The third kappa shape index (κ3) is 4.46. The molecule has 0 radical (unpaired) electrons. The smallest absolute Gasteiger partial charge is 0.251 e. The summed E-state index contributed by atoms with van der Waals surface area (Å²) in [5.74, 6) is -0.00101. The highest BCUT2D eigenvalue weighted by Crippen LogP contribution is 2.31. The highest BCUT2D eigenvalue weighted by atomic mass is 32.2. The lowest BCUT2D eigenvalue weighted by Crippen LogP contribution is -2.38. The molecule has 132 valence electrons. The second-order valence-corrected chi connectivity index (χ2v) is 8.43. The van der Waals surface area contributed by atoms with Gasteiger partial charge < -0.3 is 11.1 Å². The number of carbonyl (C=O) groups is 1. The van der Waals surface area contributed by atoms with Crippen LogP contribution in [-0.4, -0.2) is 26.9 Å². The average molecular weight is 358 g/mol. The van der Waals surface area contributed by atoms with E-state index in [-0.39, 0.29) is 22.6 Å². The van der Waals surface area contributed by atoms with Gasteiger partial charge in [0.1, 0.15) is 0 Å². The van der Waals surface area contributed by atoms with Gasteiger partial charge in [-0.15, -0.1) is 0 Å². The maximum Gasteiger partial charge on any atom is 0.251 e. The summed E-state index contributed by atoms with van der Waals surface area (Å²) in [4.78, 5) is 12.7. The van der Waals surface area contributed by atoms with Crippen LogP contribution >= 0.6 is 0 Å². The fraction of sp³-hybridized carbons (Fsp3) is 0.316. The van der Waals surface area contributed by atoms with Crippen molar-refractivity contribution < 1.29 is 13.2 Å². The fourth-order valence-electron chi connectivity index (χ4n) is 2.78. The fourth-order valence-corrected chi connectivity index (χ4v) is 4.18. The Morgan fingerprint density at radius 1 is 1.08 bits per heavy atom. The van der Waals surface area contributed by atoms with Crippen molar-refractivity contribution in [2.24, 2.45) is 11.7 Å². The Bertz CT molecular complexity index is 846. The van der Waals surface area contributed by atoms with E-state index in [1.165, 1.54) is 0 Å². The Hall–Kier alpha value is -2.18. The van der Waals surface area contributed by atoms with Crippen molar-refractivity contribution in [3.05, 3.63) is 65.7 Å². The van der Waals surface area contributed by atoms with E-state index in [0.717, 1.165) is 12.8 Å². The molecule has 25 heavy (non-hydrogen) atoms. The molecule has 6 heteroatoms. The summed E-state index contributed by atoms with van der Waals surface area (Å²) in [5.41, 5.74) is 6.88. The Balaban J connectivity index is 1.75. The Labute approximate surface area is 148 Å². The molecule has 1 fully saturated rings. The number of hydrogen-bond acceptors (Lipinski definition) is 4. The first-order valence-electron chi connectivity index (χ1n) is 8.37. The monoisotopic (exact) mass is 358 g/mol. The van der Waals surface area contributed by atoms with Gasteiger partial charge in [-0.2, -0.15) is 0 Å². The summed E-state index contributed by atoms with van der Waals surface area (Å²) >= 11 is 0. The minimum atomic E-state index is -3.51. The first kappa shape index (κ1) is 17.6. The van der Waals surface area contributed by atoms with Gasteiger partial charge in [0.2, 0.25) is 0 Å². The number of nitrogens with two attached hydrogens (primary N) is 1. The highest BCUT2D eigenvalue weighted by Gasteiger charge is 2.28. The van der Waals surface area contributed by atoms with E-state index in [0.29, 0.717) is 23.6 Å². The standard InChI is InChI=1S/C19H22N2O3S/c20-18(14-10-11-14)12-21-19(22)17-9-5-4-6-15(17)13-25(23,24)16-7-2-1-3-8-16/h1-9,14,18H,10-13,20H2,(H,21,22). The van der Waals surface area contributed by atoms with Crippen LogP contribution in [0.1, 0.15) is 28.8 Å². The summed E-state index contributed by atoms with van der Waals surface area (Å²) in [5, 5.41) is 2.83. The molecule has 0 spiro atoms. The second kappa shape index (κ2) is 7.37. The molecule has 0 aliphatic heterocycles. The van der Waals surface area contributed by atoms with Crippen LogP contribution in [0.2, 0.25) is 0 Å². The largest absolute Gasteiger partial charge is 0.350 e. The van der Waals surface area contributed by atoms with Crippen molar-refractivity contribution >= 4 is 15.7 Å². The van der Waals surface area contributed by atoms with E-state index in [1.54, 1.807) is 54.6 Å². The van der Waals surface area contributed by atoms with Crippen LogP contribution in [-0.2, 0) is 15.6 Å². The molecule has 2 aromatic rings. The van der Waals surface area contributed by atoms with Crippen LogP contribution in [0.3, 0.4) is 0 Å². The van der Waals surface area contributed by atoms with Gasteiger partial charge in [-0.1, -0.05) is 36.4 Å². The van der Waals surface area contributed by atoms with Gasteiger partial charge in [0.25, 0.3) is 5.91 Å². The minimum absolute atomic E-state index is 0.0378. The Morgan fingerprint density at radius 2 is 1.72 bits per heavy atom. The summed E-state index contributed by atoms with van der Waals surface area (Å²) in [6.45, 7) is 0.406. The van der Waals surface area contributed by atoms with Crippen LogP contribution in [0.4, 0.5) is 0 Å². The summed E-state index contributed by atoms with van der Waals surface area (Å²) in [6.07, 6.45) is 2.23. The molecule has 1 atom stereocenters. The summed E-state index contributed by atoms with van der Waals surface area (Å²) in [6, 6.07) is 15.0. The molecule has 0 saturated heterocycles. The second-order valence-electron chi connectivity index (χ2n) is 6.44. The normalized spacial score (nSPS) is 15.6. The van der Waals surface area contributed by atoms with Crippen LogP contribution in [0, 0.1) is 5.92 Å². The van der Waals surface area contributed by atoms with Crippen molar-refractivity contribution in [3.63, 3.8) is 0 Å². The lowest BCUT2D eigenvalue weighted by atomic mass is 10.1. The van der Waals surface area contributed by atoms with Crippen molar-refractivity contribution in [1.29, 1.82) is 0 Å². The van der Waals surface area contributed by atoms with Gasteiger partial charge in [0.05, 0.1) is 10.6 Å². The third-order valence-corrected chi connectivity index (χ3v) is 6.12. The topological polar surface area (TPSA) is 89.3 Å². The van der Waals surface area contributed by atoms with Gasteiger partial charge in [-0.3, -0.25) is 4.79 Å². The molecule has 2 aromatic carbocycles. The average Bonchev–Trinajstić information content (AvgIpc) is 3.45. The van der Waals surface area contributed by atoms with Crippen molar-refractivity contribution in [2.75, 3.05) is 6.54 Å². The number of sulfone groups is 1. The third-order valence-electron chi connectivity index (χ3n) is 4.44. The molecule has 0 heterocycles. The molecule has 0 aromatic heterocycles. The van der Waals surface area contributed by atoms with Crippen molar-refractivity contribution in [2.45, 2.75) is 29.5 Å². The molecule has 1 aliphatic rings. The zero-order chi connectivity index (χ0) is 17.9. The molecule has 0 bridgehead atoms. The number of benzene rings is 2. The maximum absolute atomic E-state index is 12.6. The molecular weight excluding hydrogens is 336 g/mol. The van der Waals surface area contributed by atoms with Crippen molar-refractivity contribution in [1.82, 2.24) is 5.32 Å². The quantitative estimate of drug-likeness (QED) is 0.793. The molecule has 1 unspecified atom stereocenters. The SMILES string of the molecule is NC(CNC(=O)c1ccccc1CS(=O)(=O)c1ccccc1)C1CC1. The molecule has 3 N–H and O–H groups in total. The Morgan fingerprint density at radius 3 is 2.40 bits per heavy atom. The molecule has 3 rings (SSSR count). The van der Waals surface area contributed by atoms with E-state index in [9.17, 15) is 13.2 Å². The van der Waals surface area contributed by atoms with E-state index in [2.05, 4.69) is 5.32 Å². The zero-order valence-electron chi connectivity index (χ0n) is 13.9. The van der Waals surface area contributed by atoms with Gasteiger partial charge in [-0.05, 0) is 42.5 Å². The highest BCUT2D eigenvalue weighted by molar-refractivity contribution is 7.90. The Kier molecular flexibility index (Phi) is 5.20. The van der Waals surface area contributed by atoms with Crippen molar-refractivity contribution in [3.8, 4) is 0 Å². The number of rotatable bonds is 7. The van der Waals surface area contributed by atoms with Crippen LogP contribution in [0.5, 0.6) is 0 Å². The molecule has 1 aliphatic carbocycles.